The summed E-state index contributed by atoms with van der Waals surface area (Å²) in [5, 5.41) is 3.42. The number of nitrogens with one attached hydrogen (secondary N) is 1. The van der Waals surface area contributed by atoms with Crippen LogP contribution in [-0.4, -0.2) is 33.5 Å². The Morgan fingerprint density at radius 1 is 1.40 bits per heavy atom. The summed E-state index contributed by atoms with van der Waals surface area (Å²) in [5.41, 5.74) is 1.09. The van der Waals surface area contributed by atoms with Crippen LogP contribution in [0.5, 0.6) is 11.5 Å². The van der Waals surface area contributed by atoms with Gasteiger partial charge < -0.3 is 19.5 Å². The molecule has 1 aromatic carbocycles. The largest absolute Gasteiger partial charge is 0.496 e. The second-order valence-corrected chi connectivity index (χ2v) is 5.19. The molecule has 1 fully saturated rings. The molecule has 0 spiro atoms. The molecule has 2 rings (SSSR count). The average molecular weight is 279 g/mol. The van der Waals surface area contributed by atoms with Gasteiger partial charge >= 0.3 is 0 Å². The Morgan fingerprint density at radius 2 is 2.20 bits per heavy atom. The Morgan fingerprint density at radius 3 is 2.85 bits per heavy atom. The lowest BCUT2D eigenvalue weighted by atomic mass is 10.1. The van der Waals surface area contributed by atoms with Crippen molar-refractivity contribution < 1.29 is 14.2 Å². The molecule has 1 N–H and O–H groups in total. The minimum atomic E-state index is 0.200. The van der Waals surface area contributed by atoms with E-state index >= 15 is 0 Å². The summed E-state index contributed by atoms with van der Waals surface area (Å²) in [6.45, 7) is 7.51. The van der Waals surface area contributed by atoms with E-state index < -0.39 is 0 Å². The van der Waals surface area contributed by atoms with Gasteiger partial charge in [-0.15, -0.1) is 0 Å². The predicted octanol–water partition coefficient (Wildman–Crippen LogP) is 2.78. The fourth-order valence-electron chi connectivity index (χ4n) is 2.59. The highest BCUT2D eigenvalue weighted by Gasteiger charge is 2.20. The van der Waals surface area contributed by atoms with Crippen molar-refractivity contribution in [3.63, 3.8) is 0 Å². The molecule has 2 atom stereocenters. The van der Waals surface area contributed by atoms with E-state index in [-0.39, 0.29) is 6.04 Å². The first-order valence-corrected chi connectivity index (χ1v) is 7.37. The molecule has 1 heterocycles. The maximum Gasteiger partial charge on any atom is 0.127 e. The Balaban J connectivity index is 2.12. The third-order valence-electron chi connectivity index (χ3n) is 3.69. The minimum absolute atomic E-state index is 0.200. The number of rotatable bonds is 7. The number of ether oxygens (including phenoxy) is 3. The van der Waals surface area contributed by atoms with E-state index in [4.69, 9.17) is 14.2 Å². The number of hydrogen-bond donors (Lipinski definition) is 1. The van der Waals surface area contributed by atoms with E-state index in [1.807, 2.05) is 18.2 Å². The zero-order valence-corrected chi connectivity index (χ0v) is 12.6. The maximum atomic E-state index is 6.03. The molecular formula is C16H25NO3. The lowest BCUT2D eigenvalue weighted by Gasteiger charge is -2.21. The average Bonchev–Trinajstić information content (AvgIpc) is 2.98. The summed E-state index contributed by atoms with van der Waals surface area (Å²) in [5.74, 6) is 2.28. The molecule has 0 aromatic heterocycles. The second kappa shape index (κ2) is 7.50. The zero-order valence-electron chi connectivity index (χ0n) is 12.6. The SMILES string of the molecule is CCNC(C)c1c(OC)cccc1OCC1CCOC1. The van der Waals surface area contributed by atoms with Gasteiger partial charge in [0.25, 0.3) is 0 Å². The Bertz CT molecular complexity index is 416. The van der Waals surface area contributed by atoms with Crippen LogP contribution >= 0.6 is 0 Å². The fourth-order valence-corrected chi connectivity index (χ4v) is 2.59. The van der Waals surface area contributed by atoms with E-state index in [1.165, 1.54) is 0 Å². The first kappa shape index (κ1) is 15.1. The first-order valence-electron chi connectivity index (χ1n) is 7.37. The van der Waals surface area contributed by atoms with E-state index in [2.05, 4.69) is 19.2 Å². The van der Waals surface area contributed by atoms with Gasteiger partial charge in [-0.2, -0.15) is 0 Å². The Kier molecular flexibility index (Phi) is 5.68. The van der Waals surface area contributed by atoms with Crippen molar-refractivity contribution in [2.75, 3.05) is 33.5 Å². The van der Waals surface area contributed by atoms with Gasteiger partial charge in [-0.25, -0.2) is 0 Å². The molecule has 1 aliphatic heterocycles. The van der Waals surface area contributed by atoms with Gasteiger partial charge in [0.2, 0.25) is 0 Å². The monoisotopic (exact) mass is 279 g/mol. The van der Waals surface area contributed by atoms with Crippen LogP contribution in [0.1, 0.15) is 31.9 Å². The molecule has 0 bridgehead atoms. The normalized spacial score (nSPS) is 19.9. The highest BCUT2D eigenvalue weighted by Crippen LogP contribution is 2.34. The highest BCUT2D eigenvalue weighted by atomic mass is 16.5. The quantitative estimate of drug-likeness (QED) is 0.833. The van der Waals surface area contributed by atoms with Crippen molar-refractivity contribution in [1.82, 2.24) is 5.32 Å². The lowest BCUT2D eigenvalue weighted by molar-refractivity contribution is 0.166. The van der Waals surface area contributed by atoms with Gasteiger partial charge in [0.15, 0.2) is 0 Å². The van der Waals surface area contributed by atoms with Gasteiger partial charge in [-0.1, -0.05) is 13.0 Å². The number of hydrogen-bond acceptors (Lipinski definition) is 4. The molecule has 0 amide bonds. The summed E-state index contributed by atoms with van der Waals surface area (Å²) in [7, 11) is 1.70. The van der Waals surface area contributed by atoms with Crippen LogP contribution in [0.25, 0.3) is 0 Å². The molecule has 20 heavy (non-hydrogen) atoms. The lowest BCUT2D eigenvalue weighted by Crippen LogP contribution is -2.20. The van der Waals surface area contributed by atoms with Crippen LogP contribution < -0.4 is 14.8 Å². The summed E-state index contributed by atoms with van der Waals surface area (Å²) >= 11 is 0. The summed E-state index contributed by atoms with van der Waals surface area (Å²) in [6, 6.07) is 6.17. The molecular weight excluding hydrogens is 254 g/mol. The van der Waals surface area contributed by atoms with Crippen molar-refractivity contribution in [2.45, 2.75) is 26.3 Å². The van der Waals surface area contributed by atoms with Crippen molar-refractivity contribution in [1.29, 1.82) is 0 Å². The molecule has 1 saturated heterocycles. The zero-order chi connectivity index (χ0) is 14.4. The first-order chi connectivity index (χ1) is 9.76. The fraction of sp³-hybridized carbons (Fsp3) is 0.625. The summed E-state index contributed by atoms with van der Waals surface area (Å²) in [4.78, 5) is 0. The predicted molar refractivity (Wildman–Crippen MR) is 79.5 cm³/mol. The molecule has 2 unspecified atom stereocenters. The molecule has 0 saturated carbocycles. The van der Waals surface area contributed by atoms with Gasteiger partial charge in [-0.05, 0) is 32.0 Å². The van der Waals surface area contributed by atoms with E-state index in [0.29, 0.717) is 12.5 Å². The van der Waals surface area contributed by atoms with Crippen molar-refractivity contribution >= 4 is 0 Å². The van der Waals surface area contributed by atoms with Crippen LogP contribution in [0, 0.1) is 5.92 Å². The van der Waals surface area contributed by atoms with Crippen molar-refractivity contribution in [2.24, 2.45) is 5.92 Å². The van der Waals surface area contributed by atoms with Gasteiger partial charge in [0.05, 0.1) is 25.9 Å². The van der Waals surface area contributed by atoms with Crippen LogP contribution in [0.3, 0.4) is 0 Å². The summed E-state index contributed by atoms with van der Waals surface area (Å²) < 4.78 is 16.9. The number of methoxy groups -OCH3 is 1. The molecule has 1 aromatic rings. The van der Waals surface area contributed by atoms with Crippen LogP contribution in [0.4, 0.5) is 0 Å². The molecule has 0 radical (unpaired) electrons. The topological polar surface area (TPSA) is 39.7 Å². The smallest absolute Gasteiger partial charge is 0.127 e. The molecule has 112 valence electrons. The molecule has 4 heteroatoms. The third-order valence-corrected chi connectivity index (χ3v) is 3.69. The van der Waals surface area contributed by atoms with E-state index in [9.17, 15) is 0 Å². The van der Waals surface area contributed by atoms with Gasteiger partial charge in [0.1, 0.15) is 11.5 Å². The standard InChI is InChI=1S/C16H25NO3/c1-4-17-12(2)16-14(18-3)6-5-7-15(16)20-11-13-8-9-19-10-13/h5-7,12-13,17H,4,8-11H2,1-3H3. The number of benzene rings is 1. The second-order valence-electron chi connectivity index (χ2n) is 5.19. The third kappa shape index (κ3) is 3.64. The van der Waals surface area contributed by atoms with Gasteiger partial charge in [0, 0.05) is 18.6 Å². The molecule has 0 aliphatic carbocycles. The van der Waals surface area contributed by atoms with Gasteiger partial charge in [-0.3, -0.25) is 0 Å². The van der Waals surface area contributed by atoms with Crippen LogP contribution in [-0.2, 0) is 4.74 Å². The van der Waals surface area contributed by atoms with E-state index in [0.717, 1.165) is 43.2 Å². The van der Waals surface area contributed by atoms with Crippen LogP contribution in [0.2, 0.25) is 0 Å². The highest BCUT2D eigenvalue weighted by molar-refractivity contribution is 5.46. The van der Waals surface area contributed by atoms with Crippen molar-refractivity contribution in [3.8, 4) is 11.5 Å². The van der Waals surface area contributed by atoms with E-state index in [1.54, 1.807) is 7.11 Å². The molecule has 1 aliphatic rings. The summed E-state index contributed by atoms with van der Waals surface area (Å²) in [6.07, 6.45) is 1.09. The van der Waals surface area contributed by atoms with Crippen molar-refractivity contribution in [3.05, 3.63) is 23.8 Å². The minimum Gasteiger partial charge on any atom is -0.496 e. The Labute approximate surface area is 121 Å². The molecule has 4 nitrogen and oxygen atoms in total. The Hall–Kier alpha value is -1.26. The van der Waals surface area contributed by atoms with Crippen LogP contribution in [0.15, 0.2) is 18.2 Å². The maximum absolute atomic E-state index is 6.03.